The molecule has 4 N–H and O–H groups in total. The van der Waals surface area contributed by atoms with Crippen molar-refractivity contribution in [1.82, 2.24) is 5.32 Å². The number of carboxylic acid groups (broad SMARTS) is 1. The Morgan fingerprint density at radius 2 is 2.06 bits per heavy atom. The topological polar surface area (TPSA) is 136 Å². The summed E-state index contributed by atoms with van der Waals surface area (Å²) in [5, 5.41) is 11.0. The van der Waals surface area contributed by atoms with E-state index in [1.165, 1.54) is 0 Å². The van der Waals surface area contributed by atoms with Crippen LogP contribution in [-0.2, 0) is 23.9 Å². The maximum atomic E-state index is 11.1. The van der Waals surface area contributed by atoms with E-state index in [-0.39, 0.29) is 25.1 Å². The maximum absolute atomic E-state index is 11.1. The largest absolute Gasteiger partial charge is 0.480 e. The van der Waals surface area contributed by atoms with Gasteiger partial charge in [-0.1, -0.05) is 0 Å². The number of nitrogens with two attached hydrogens (primary N) is 1. The highest BCUT2D eigenvalue weighted by molar-refractivity contribution is 7.87. The second kappa shape index (κ2) is 7.20. The third kappa shape index (κ3) is 7.66. The molecule has 0 heterocycles. The van der Waals surface area contributed by atoms with E-state index < -0.39 is 28.1 Å². The minimum absolute atomic E-state index is 0.157. The molecule has 0 rings (SSSR count). The molecule has 0 aliphatic heterocycles. The van der Waals surface area contributed by atoms with Gasteiger partial charge >= 0.3 is 22.1 Å². The quantitative estimate of drug-likeness (QED) is 0.442. The number of carbonyl (C=O) groups excluding carboxylic acids is 1. The summed E-state index contributed by atoms with van der Waals surface area (Å²) >= 11 is 0. The zero-order valence-corrected chi connectivity index (χ0v) is 10.2. The zero-order chi connectivity index (χ0) is 13.5. The van der Waals surface area contributed by atoms with Crippen LogP contribution in [0, 0.1) is 0 Å². The summed E-state index contributed by atoms with van der Waals surface area (Å²) in [7, 11) is -2.35. The molecule has 0 saturated carbocycles. The summed E-state index contributed by atoms with van der Waals surface area (Å²) < 4.78 is 26.5. The van der Waals surface area contributed by atoms with Crippen molar-refractivity contribution in [3.63, 3.8) is 0 Å². The van der Waals surface area contributed by atoms with Crippen LogP contribution in [0.1, 0.15) is 12.8 Å². The Morgan fingerprint density at radius 3 is 2.53 bits per heavy atom. The summed E-state index contributed by atoms with van der Waals surface area (Å²) in [6.45, 7) is 0.157. The highest BCUT2D eigenvalue weighted by atomic mass is 32.2. The van der Waals surface area contributed by atoms with E-state index in [0.29, 0.717) is 0 Å². The van der Waals surface area contributed by atoms with Crippen molar-refractivity contribution < 1.29 is 27.3 Å². The molecule has 0 aromatic rings. The van der Waals surface area contributed by atoms with Crippen LogP contribution >= 0.6 is 0 Å². The molecule has 0 unspecified atom stereocenters. The fraction of sp³-hybridized carbons (Fsp3) is 0.750. The van der Waals surface area contributed by atoms with Crippen molar-refractivity contribution >= 4 is 22.1 Å². The normalized spacial score (nSPS) is 13.1. The Balaban J connectivity index is 4.06. The highest BCUT2D eigenvalue weighted by Gasteiger charge is 2.19. The second-order valence-corrected chi connectivity index (χ2v) is 4.99. The molecular weight excluding hydrogens is 252 g/mol. The molecule has 0 aliphatic rings. The lowest BCUT2D eigenvalue weighted by molar-refractivity contribution is -0.139. The van der Waals surface area contributed by atoms with Crippen LogP contribution in [0.4, 0.5) is 0 Å². The number of hydrogen-bond donors (Lipinski definition) is 3. The third-order valence-corrected chi connectivity index (χ3v) is 2.94. The van der Waals surface area contributed by atoms with Crippen molar-refractivity contribution in [2.45, 2.75) is 18.9 Å². The molecule has 0 radical (unpaired) electrons. The van der Waals surface area contributed by atoms with Gasteiger partial charge in [0.2, 0.25) is 0 Å². The average Bonchev–Trinajstić information content (AvgIpc) is 2.22. The van der Waals surface area contributed by atoms with Crippen LogP contribution < -0.4 is 11.1 Å². The van der Waals surface area contributed by atoms with Gasteiger partial charge in [-0.3, -0.25) is 9.59 Å². The first kappa shape index (κ1) is 15.8. The Morgan fingerprint density at radius 1 is 1.47 bits per heavy atom. The molecule has 0 fully saturated rings. The van der Waals surface area contributed by atoms with E-state index in [1.54, 1.807) is 7.05 Å². The van der Waals surface area contributed by atoms with Crippen LogP contribution in [0.5, 0.6) is 0 Å². The van der Waals surface area contributed by atoms with Gasteiger partial charge in [-0.15, -0.1) is 0 Å². The second-order valence-electron chi connectivity index (χ2n) is 3.30. The number of carbonyl (C=O) groups is 2. The van der Waals surface area contributed by atoms with Gasteiger partial charge in [-0.2, -0.15) is 8.42 Å². The number of nitrogens with one attached hydrogen (secondary N) is 1. The van der Waals surface area contributed by atoms with E-state index in [9.17, 15) is 18.0 Å². The summed E-state index contributed by atoms with van der Waals surface area (Å²) in [5.41, 5.74) is 5.14. The predicted molar refractivity (Wildman–Crippen MR) is 58.7 cm³/mol. The predicted octanol–water partition coefficient (Wildman–Crippen LogP) is -1.73. The van der Waals surface area contributed by atoms with Crippen LogP contribution in [-0.4, -0.2) is 50.9 Å². The summed E-state index contributed by atoms with van der Waals surface area (Å²) in [6, 6.07) is -1.21. The summed E-state index contributed by atoms with van der Waals surface area (Å²) in [6.07, 6.45) is -0.526. The van der Waals surface area contributed by atoms with Crippen LogP contribution in [0.3, 0.4) is 0 Å². The van der Waals surface area contributed by atoms with E-state index >= 15 is 0 Å². The number of rotatable bonds is 8. The molecule has 0 amide bonds. The molecule has 0 aromatic carbocycles. The van der Waals surface area contributed by atoms with Gasteiger partial charge in [0.25, 0.3) is 0 Å². The third-order valence-electron chi connectivity index (χ3n) is 1.80. The van der Waals surface area contributed by atoms with Gasteiger partial charge in [-0.25, -0.2) is 0 Å². The minimum atomic E-state index is -3.91. The first-order valence-corrected chi connectivity index (χ1v) is 6.44. The van der Waals surface area contributed by atoms with Gasteiger partial charge in [0, 0.05) is 13.0 Å². The lowest BCUT2D eigenvalue weighted by Crippen LogP contribution is -2.31. The lowest BCUT2D eigenvalue weighted by atomic mass is 10.2. The summed E-state index contributed by atoms with van der Waals surface area (Å²) in [4.78, 5) is 21.4. The minimum Gasteiger partial charge on any atom is -0.480 e. The fourth-order valence-corrected chi connectivity index (χ4v) is 1.75. The molecule has 0 bridgehead atoms. The monoisotopic (exact) mass is 268 g/mol. The van der Waals surface area contributed by atoms with E-state index in [4.69, 9.17) is 10.8 Å². The number of aliphatic carboxylic acids is 1. The number of hydrogen-bond acceptors (Lipinski definition) is 7. The van der Waals surface area contributed by atoms with Crippen molar-refractivity contribution in [2.24, 2.45) is 5.73 Å². The zero-order valence-electron chi connectivity index (χ0n) is 9.38. The average molecular weight is 268 g/mol. The van der Waals surface area contributed by atoms with Crippen molar-refractivity contribution in [3.8, 4) is 0 Å². The van der Waals surface area contributed by atoms with Gasteiger partial charge < -0.3 is 20.3 Å². The van der Waals surface area contributed by atoms with Crippen molar-refractivity contribution in [3.05, 3.63) is 0 Å². The van der Waals surface area contributed by atoms with E-state index in [2.05, 4.69) is 9.50 Å². The molecule has 100 valence electrons. The SMILES string of the molecule is CNCCS(=O)(=O)OC(=O)CC[C@H](N)C(=O)O. The fourth-order valence-electron chi connectivity index (χ4n) is 0.849. The lowest BCUT2D eigenvalue weighted by Gasteiger charge is -2.07. The Bertz CT molecular complexity index is 366. The van der Waals surface area contributed by atoms with E-state index in [0.717, 1.165) is 0 Å². The van der Waals surface area contributed by atoms with Gasteiger partial charge in [0.05, 0.1) is 5.75 Å². The van der Waals surface area contributed by atoms with Crippen molar-refractivity contribution in [1.29, 1.82) is 0 Å². The standard InChI is InChI=1S/C8H16N2O6S/c1-10-4-5-17(14,15)16-7(11)3-2-6(9)8(12)13/h6,10H,2-5,9H2,1H3,(H,12,13)/t6-/m0/s1. The van der Waals surface area contributed by atoms with E-state index in [1.807, 2.05) is 0 Å². The molecule has 9 heteroatoms. The molecule has 0 saturated heterocycles. The molecule has 0 aliphatic carbocycles. The number of carboxylic acids is 1. The Kier molecular flexibility index (Phi) is 6.69. The molecule has 0 aromatic heterocycles. The molecule has 1 atom stereocenters. The highest BCUT2D eigenvalue weighted by Crippen LogP contribution is 2.01. The molecule has 0 spiro atoms. The van der Waals surface area contributed by atoms with Gasteiger partial charge in [0.15, 0.2) is 0 Å². The van der Waals surface area contributed by atoms with Crippen LogP contribution in [0.2, 0.25) is 0 Å². The summed E-state index contributed by atoms with van der Waals surface area (Å²) in [5.74, 6) is -2.59. The first-order chi connectivity index (χ1) is 7.78. The molecule has 17 heavy (non-hydrogen) atoms. The molecular formula is C8H16N2O6S. The molecule has 8 nitrogen and oxygen atoms in total. The Hall–Kier alpha value is -1.19. The first-order valence-electron chi connectivity index (χ1n) is 4.86. The van der Waals surface area contributed by atoms with Gasteiger partial charge in [0.1, 0.15) is 6.04 Å². The van der Waals surface area contributed by atoms with Gasteiger partial charge in [-0.05, 0) is 13.5 Å². The van der Waals surface area contributed by atoms with Crippen molar-refractivity contribution in [2.75, 3.05) is 19.3 Å². The Labute approximate surface area is 99.2 Å². The van der Waals surface area contributed by atoms with Crippen LogP contribution in [0.15, 0.2) is 0 Å². The van der Waals surface area contributed by atoms with Crippen LogP contribution in [0.25, 0.3) is 0 Å². The smallest absolute Gasteiger partial charge is 0.322 e. The maximum Gasteiger partial charge on any atom is 0.322 e.